The molecule has 1 aromatic rings. The maximum atomic E-state index is 6.17. The summed E-state index contributed by atoms with van der Waals surface area (Å²) in [5.41, 5.74) is 2.21. The van der Waals surface area contributed by atoms with Crippen molar-refractivity contribution in [3.63, 3.8) is 0 Å². The number of nitrogens with zero attached hydrogens (tertiary/aromatic N) is 2. The molecule has 12 heavy (non-hydrogen) atoms. The molecular formula is C9H15ClN2. The number of hydrogen-bond donors (Lipinski definition) is 0. The van der Waals surface area contributed by atoms with Gasteiger partial charge < -0.3 is 0 Å². The Labute approximate surface area is 78.5 Å². The summed E-state index contributed by atoms with van der Waals surface area (Å²) in [6.07, 6.45) is 4.14. The van der Waals surface area contributed by atoms with Crippen molar-refractivity contribution in [1.29, 1.82) is 0 Å². The molecule has 2 nitrogen and oxygen atoms in total. The van der Waals surface area contributed by atoms with Crippen LogP contribution < -0.4 is 0 Å². The Morgan fingerprint density at radius 1 is 1.67 bits per heavy atom. The van der Waals surface area contributed by atoms with Gasteiger partial charge >= 0.3 is 0 Å². The van der Waals surface area contributed by atoms with E-state index in [2.05, 4.69) is 12.0 Å². The molecule has 0 saturated heterocycles. The number of rotatable bonds is 3. The molecule has 0 amide bonds. The number of alkyl halides is 1. The van der Waals surface area contributed by atoms with Crippen molar-refractivity contribution < 1.29 is 0 Å². The van der Waals surface area contributed by atoms with Crippen molar-refractivity contribution in [2.45, 2.75) is 32.1 Å². The van der Waals surface area contributed by atoms with E-state index < -0.39 is 0 Å². The fourth-order valence-corrected chi connectivity index (χ4v) is 1.77. The highest BCUT2D eigenvalue weighted by atomic mass is 35.5. The number of hydrogen-bond acceptors (Lipinski definition) is 1. The molecule has 0 radical (unpaired) electrons. The Morgan fingerprint density at radius 3 is 2.75 bits per heavy atom. The molecule has 0 aromatic carbocycles. The maximum Gasteiger partial charge on any atom is 0.0640 e. The number of aryl methyl sites for hydroxylation is 2. The van der Waals surface area contributed by atoms with Crippen LogP contribution >= 0.6 is 11.6 Å². The van der Waals surface area contributed by atoms with Gasteiger partial charge in [-0.1, -0.05) is 13.3 Å². The monoisotopic (exact) mass is 186 g/mol. The van der Waals surface area contributed by atoms with E-state index in [0.717, 1.165) is 18.5 Å². The van der Waals surface area contributed by atoms with Crippen LogP contribution in [0.1, 0.15) is 36.4 Å². The molecule has 1 unspecified atom stereocenters. The Bertz CT molecular complexity index is 255. The average Bonchev–Trinajstić information content (AvgIpc) is 2.30. The maximum absolute atomic E-state index is 6.17. The Morgan fingerprint density at radius 2 is 2.33 bits per heavy atom. The minimum Gasteiger partial charge on any atom is -0.275 e. The first-order chi connectivity index (χ1) is 5.65. The molecule has 1 heterocycles. The van der Waals surface area contributed by atoms with Crippen LogP contribution in [0.2, 0.25) is 0 Å². The van der Waals surface area contributed by atoms with Gasteiger partial charge in [-0.3, -0.25) is 4.68 Å². The second-order valence-electron chi connectivity index (χ2n) is 3.10. The van der Waals surface area contributed by atoms with E-state index in [0.29, 0.717) is 0 Å². The van der Waals surface area contributed by atoms with Crippen molar-refractivity contribution in [1.82, 2.24) is 9.78 Å². The topological polar surface area (TPSA) is 17.8 Å². The molecule has 0 spiro atoms. The number of halogens is 1. The first kappa shape index (κ1) is 9.59. The molecule has 0 fully saturated rings. The lowest BCUT2D eigenvalue weighted by Gasteiger charge is -2.04. The fraction of sp³-hybridized carbons (Fsp3) is 0.667. The second-order valence-corrected chi connectivity index (χ2v) is 3.63. The normalized spacial score (nSPS) is 13.3. The van der Waals surface area contributed by atoms with Gasteiger partial charge in [0, 0.05) is 18.8 Å². The summed E-state index contributed by atoms with van der Waals surface area (Å²) in [5, 5.41) is 4.38. The average molecular weight is 187 g/mol. The zero-order chi connectivity index (χ0) is 9.14. The zero-order valence-corrected chi connectivity index (χ0v) is 8.60. The van der Waals surface area contributed by atoms with Gasteiger partial charge in [0.15, 0.2) is 0 Å². The van der Waals surface area contributed by atoms with Crippen molar-refractivity contribution >= 4 is 11.6 Å². The summed E-state index contributed by atoms with van der Waals surface area (Å²) >= 11 is 6.17. The Hall–Kier alpha value is -0.500. The molecule has 1 atom stereocenters. The molecule has 0 saturated carbocycles. The van der Waals surface area contributed by atoms with Crippen LogP contribution in [0.4, 0.5) is 0 Å². The molecule has 0 aliphatic rings. The van der Waals surface area contributed by atoms with E-state index in [1.807, 2.05) is 24.9 Å². The lowest BCUT2D eigenvalue weighted by atomic mass is 10.1. The molecule has 68 valence electrons. The summed E-state index contributed by atoms with van der Waals surface area (Å²) < 4.78 is 1.82. The van der Waals surface area contributed by atoms with Gasteiger partial charge in [0.05, 0.1) is 11.1 Å². The lowest BCUT2D eigenvalue weighted by molar-refractivity contribution is 0.753. The second kappa shape index (κ2) is 3.94. The van der Waals surface area contributed by atoms with Crippen molar-refractivity contribution in [3.05, 3.63) is 17.5 Å². The van der Waals surface area contributed by atoms with Crippen molar-refractivity contribution in [2.75, 3.05) is 0 Å². The Kier molecular flexibility index (Phi) is 3.15. The first-order valence-electron chi connectivity index (χ1n) is 4.29. The van der Waals surface area contributed by atoms with Gasteiger partial charge in [0.1, 0.15) is 0 Å². The highest BCUT2D eigenvalue weighted by Crippen LogP contribution is 2.27. The molecule has 1 rings (SSSR count). The van der Waals surface area contributed by atoms with E-state index in [1.54, 1.807) is 0 Å². The van der Waals surface area contributed by atoms with Crippen LogP contribution in [0, 0.1) is 6.92 Å². The van der Waals surface area contributed by atoms with Gasteiger partial charge in [-0.15, -0.1) is 11.6 Å². The molecule has 0 N–H and O–H groups in total. The van der Waals surface area contributed by atoms with E-state index in [4.69, 9.17) is 11.6 Å². The van der Waals surface area contributed by atoms with Crippen molar-refractivity contribution in [2.24, 2.45) is 7.05 Å². The van der Waals surface area contributed by atoms with Crippen LogP contribution in [-0.4, -0.2) is 9.78 Å². The molecule has 0 aliphatic carbocycles. The first-order valence-corrected chi connectivity index (χ1v) is 4.73. The molecule has 3 heteroatoms. The minimum absolute atomic E-state index is 0.128. The van der Waals surface area contributed by atoms with Crippen molar-refractivity contribution in [3.8, 4) is 0 Å². The third-order valence-electron chi connectivity index (χ3n) is 1.93. The van der Waals surface area contributed by atoms with Gasteiger partial charge in [-0.05, 0) is 13.3 Å². The third-order valence-corrected chi connectivity index (χ3v) is 2.38. The van der Waals surface area contributed by atoms with Crippen LogP contribution in [0.25, 0.3) is 0 Å². The number of aromatic nitrogens is 2. The van der Waals surface area contributed by atoms with Gasteiger partial charge in [-0.25, -0.2) is 0 Å². The summed E-state index contributed by atoms with van der Waals surface area (Å²) in [7, 11) is 1.92. The standard InChI is InChI=1S/C9H15ClN2/c1-4-5-9(10)8-6-12(3)11-7(8)2/h6,9H,4-5H2,1-3H3. The molecule has 0 aliphatic heterocycles. The van der Waals surface area contributed by atoms with E-state index in [-0.39, 0.29) is 5.38 Å². The SMILES string of the molecule is CCCC(Cl)c1cn(C)nc1C. The highest BCUT2D eigenvalue weighted by molar-refractivity contribution is 6.20. The Balaban J connectivity index is 2.79. The lowest BCUT2D eigenvalue weighted by Crippen LogP contribution is -1.89. The molecular weight excluding hydrogens is 172 g/mol. The summed E-state index contributed by atoms with van der Waals surface area (Å²) in [4.78, 5) is 0. The van der Waals surface area contributed by atoms with Gasteiger partial charge in [0.25, 0.3) is 0 Å². The highest BCUT2D eigenvalue weighted by Gasteiger charge is 2.11. The zero-order valence-electron chi connectivity index (χ0n) is 7.84. The minimum atomic E-state index is 0.128. The smallest absolute Gasteiger partial charge is 0.0640 e. The van der Waals surface area contributed by atoms with Gasteiger partial charge in [-0.2, -0.15) is 5.10 Å². The summed E-state index contributed by atoms with van der Waals surface area (Å²) in [5.74, 6) is 0. The van der Waals surface area contributed by atoms with Crippen LogP contribution in [-0.2, 0) is 7.05 Å². The summed E-state index contributed by atoms with van der Waals surface area (Å²) in [6.45, 7) is 4.14. The van der Waals surface area contributed by atoms with Gasteiger partial charge in [0.2, 0.25) is 0 Å². The third kappa shape index (κ3) is 2.01. The largest absolute Gasteiger partial charge is 0.275 e. The fourth-order valence-electron chi connectivity index (χ4n) is 1.33. The van der Waals surface area contributed by atoms with E-state index in [1.165, 1.54) is 5.56 Å². The summed E-state index contributed by atoms with van der Waals surface area (Å²) in [6, 6.07) is 0. The predicted octanol–water partition coefficient (Wildman–Crippen LogP) is 2.81. The molecule has 0 bridgehead atoms. The molecule has 1 aromatic heterocycles. The van der Waals surface area contributed by atoms with Crippen LogP contribution in [0.3, 0.4) is 0 Å². The predicted molar refractivity (Wildman–Crippen MR) is 51.4 cm³/mol. The van der Waals surface area contributed by atoms with E-state index in [9.17, 15) is 0 Å². The quantitative estimate of drug-likeness (QED) is 0.664. The van der Waals surface area contributed by atoms with E-state index >= 15 is 0 Å². The van der Waals surface area contributed by atoms with Crippen LogP contribution in [0.15, 0.2) is 6.20 Å². The van der Waals surface area contributed by atoms with Crippen LogP contribution in [0.5, 0.6) is 0 Å².